The van der Waals surface area contributed by atoms with Gasteiger partial charge in [0, 0.05) is 24.0 Å². The van der Waals surface area contributed by atoms with E-state index in [0.717, 1.165) is 60.9 Å². The Morgan fingerprint density at radius 2 is 1.54 bits per heavy atom. The molecule has 0 aromatic heterocycles. The third-order valence-corrected chi connectivity index (χ3v) is 8.55. The van der Waals surface area contributed by atoms with Gasteiger partial charge < -0.3 is 20.7 Å². The highest BCUT2D eigenvalue weighted by atomic mass is 32.2. The Bertz CT molecular complexity index is 1470. The van der Waals surface area contributed by atoms with Crippen LogP contribution in [0, 0.1) is 0 Å². The van der Waals surface area contributed by atoms with Crippen LogP contribution >= 0.6 is 0 Å². The molecule has 39 heavy (non-hydrogen) atoms. The van der Waals surface area contributed by atoms with Gasteiger partial charge in [-0.1, -0.05) is 24.3 Å². The van der Waals surface area contributed by atoms with Gasteiger partial charge >= 0.3 is 12.1 Å². The predicted molar refractivity (Wildman–Crippen MR) is 150 cm³/mol. The van der Waals surface area contributed by atoms with Crippen LogP contribution in [0.2, 0.25) is 0 Å². The van der Waals surface area contributed by atoms with E-state index in [-0.39, 0.29) is 10.9 Å². The average Bonchev–Trinajstić information content (AvgIpc) is 3.58. The van der Waals surface area contributed by atoms with Crippen molar-refractivity contribution in [2.75, 3.05) is 24.3 Å². The van der Waals surface area contributed by atoms with E-state index < -0.39 is 16.1 Å². The summed E-state index contributed by atoms with van der Waals surface area (Å²) in [5.41, 5.74) is 7.04. The Hall–Kier alpha value is -4.05. The van der Waals surface area contributed by atoms with Crippen molar-refractivity contribution in [3.05, 3.63) is 82.4 Å². The number of urea groups is 2. The molecule has 0 spiro atoms. The van der Waals surface area contributed by atoms with Gasteiger partial charge in [-0.2, -0.15) is 0 Å². The Labute approximate surface area is 228 Å². The van der Waals surface area contributed by atoms with E-state index in [9.17, 15) is 18.0 Å². The number of carbonyl (C=O) groups is 2. The molecule has 0 saturated heterocycles. The Morgan fingerprint density at radius 3 is 2.21 bits per heavy atom. The second-order valence-electron chi connectivity index (χ2n) is 9.80. The average molecular weight is 549 g/mol. The Balaban J connectivity index is 1.15. The lowest BCUT2D eigenvalue weighted by molar-refractivity contribution is 0.252. The molecule has 2 aliphatic rings. The summed E-state index contributed by atoms with van der Waals surface area (Å²) in [4.78, 5) is 24.9. The molecule has 0 heterocycles. The van der Waals surface area contributed by atoms with E-state index in [1.54, 1.807) is 43.5 Å². The molecule has 0 fully saturated rings. The molecule has 3 aromatic rings. The van der Waals surface area contributed by atoms with E-state index in [0.29, 0.717) is 24.4 Å². The molecule has 0 atom stereocenters. The second kappa shape index (κ2) is 11.4. The van der Waals surface area contributed by atoms with Gasteiger partial charge in [0.15, 0.2) is 0 Å². The number of nitrogens with one attached hydrogen (secondary N) is 4. The number of ether oxygens (including phenoxy) is 1. The van der Waals surface area contributed by atoms with Gasteiger partial charge in [0.05, 0.1) is 12.0 Å². The zero-order valence-corrected chi connectivity index (χ0v) is 22.6. The molecule has 204 valence electrons. The van der Waals surface area contributed by atoms with E-state index in [1.807, 2.05) is 0 Å². The number of sulfonamides is 1. The zero-order valence-electron chi connectivity index (χ0n) is 21.8. The molecule has 0 radical (unpaired) electrons. The molecule has 9 nitrogen and oxygen atoms in total. The van der Waals surface area contributed by atoms with Crippen molar-refractivity contribution in [3.8, 4) is 5.75 Å². The van der Waals surface area contributed by atoms with E-state index >= 15 is 0 Å². The van der Waals surface area contributed by atoms with Crippen molar-refractivity contribution in [2.45, 2.75) is 49.8 Å². The van der Waals surface area contributed by atoms with Crippen LogP contribution in [0.1, 0.15) is 40.7 Å². The highest BCUT2D eigenvalue weighted by molar-refractivity contribution is 7.90. The van der Waals surface area contributed by atoms with Crippen LogP contribution in [-0.4, -0.2) is 34.1 Å². The first-order valence-corrected chi connectivity index (χ1v) is 14.6. The number of amides is 4. The molecular weight excluding hydrogens is 516 g/mol. The lowest BCUT2D eigenvalue weighted by Gasteiger charge is -2.16. The zero-order chi connectivity index (χ0) is 27.4. The largest absolute Gasteiger partial charge is 0.497 e. The normalized spacial score (nSPS) is 13.8. The molecule has 4 N–H and O–H groups in total. The van der Waals surface area contributed by atoms with Crippen LogP contribution in [-0.2, 0) is 42.1 Å². The first-order chi connectivity index (χ1) is 18.8. The van der Waals surface area contributed by atoms with Gasteiger partial charge in [-0.25, -0.2) is 22.7 Å². The molecule has 0 bridgehead atoms. The van der Waals surface area contributed by atoms with Crippen molar-refractivity contribution in [1.29, 1.82) is 0 Å². The Morgan fingerprint density at radius 1 is 0.846 bits per heavy atom. The molecule has 0 unspecified atom stereocenters. The molecule has 0 saturated carbocycles. The molecule has 10 heteroatoms. The monoisotopic (exact) mass is 548 g/mol. The summed E-state index contributed by atoms with van der Waals surface area (Å²) in [6.45, 7) is 0.355. The fraction of sp³-hybridized carbons (Fsp3) is 0.310. The summed E-state index contributed by atoms with van der Waals surface area (Å²) < 4.78 is 33.1. The molecule has 5 rings (SSSR count). The summed E-state index contributed by atoms with van der Waals surface area (Å²) in [5.74, 6) is 0.641. The molecule has 3 aromatic carbocycles. The van der Waals surface area contributed by atoms with E-state index in [4.69, 9.17) is 4.74 Å². The number of benzene rings is 3. The third kappa shape index (κ3) is 6.17. The van der Waals surface area contributed by atoms with Gasteiger partial charge in [-0.3, -0.25) is 0 Å². The predicted octanol–water partition coefficient (Wildman–Crippen LogP) is 4.55. The smallest absolute Gasteiger partial charge is 0.333 e. The summed E-state index contributed by atoms with van der Waals surface area (Å²) in [6.07, 6.45) is 6.36. The maximum absolute atomic E-state index is 12.9. The SMILES string of the molecule is COc1cccc(NC(=O)NCCc2ccc(S(=O)(=O)NC(=O)Nc3c4c(cc5c3CCC5)CCC4)cc2)c1. The minimum atomic E-state index is -4.05. The van der Waals surface area contributed by atoms with Crippen molar-refractivity contribution >= 4 is 33.5 Å². The van der Waals surface area contributed by atoms with Crippen molar-refractivity contribution in [3.63, 3.8) is 0 Å². The van der Waals surface area contributed by atoms with Crippen LogP contribution in [0.5, 0.6) is 5.75 Å². The number of carbonyl (C=O) groups excluding carboxylic acids is 2. The number of aryl methyl sites for hydroxylation is 2. The van der Waals surface area contributed by atoms with Crippen LogP contribution in [0.3, 0.4) is 0 Å². The minimum absolute atomic E-state index is 0.00588. The van der Waals surface area contributed by atoms with Gasteiger partial charge in [0.25, 0.3) is 10.0 Å². The number of fused-ring (bicyclic) bond motifs is 2. The molecular formula is C29H32N4O5S. The lowest BCUT2D eigenvalue weighted by Crippen LogP contribution is -2.35. The molecule has 0 aliphatic heterocycles. The van der Waals surface area contributed by atoms with Gasteiger partial charge in [0.1, 0.15) is 5.75 Å². The van der Waals surface area contributed by atoms with E-state index in [2.05, 4.69) is 26.7 Å². The summed E-state index contributed by atoms with van der Waals surface area (Å²) in [6, 6.07) is 14.5. The number of rotatable bonds is 8. The quantitative estimate of drug-likeness (QED) is 0.329. The number of hydrogen-bond acceptors (Lipinski definition) is 5. The van der Waals surface area contributed by atoms with Crippen LogP contribution in [0.4, 0.5) is 21.0 Å². The van der Waals surface area contributed by atoms with Crippen LogP contribution in [0.25, 0.3) is 0 Å². The standard InChI is InChI=1S/C29H32N4O5S/c1-38-23-8-4-7-22(18-23)31-28(34)30-16-15-19-11-13-24(14-12-19)39(36,37)33-29(35)32-27-25-9-2-5-20(25)17-21-6-3-10-26(21)27/h4,7-8,11-14,17-18H,2-3,5-6,9-10,15-16H2,1H3,(H2,30,31,34)(H2,32,33,35). The van der Waals surface area contributed by atoms with Gasteiger partial charge in [0.2, 0.25) is 0 Å². The first-order valence-electron chi connectivity index (χ1n) is 13.1. The van der Waals surface area contributed by atoms with Crippen molar-refractivity contribution in [2.24, 2.45) is 0 Å². The highest BCUT2D eigenvalue weighted by Crippen LogP contribution is 2.38. The molecule has 2 aliphatic carbocycles. The summed E-state index contributed by atoms with van der Waals surface area (Å²) in [7, 11) is -2.49. The lowest BCUT2D eigenvalue weighted by atomic mass is 9.99. The van der Waals surface area contributed by atoms with Crippen LogP contribution in [0.15, 0.2) is 59.5 Å². The van der Waals surface area contributed by atoms with E-state index in [1.165, 1.54) is 23.3 Å². The van der Waals surface area contributed by atoms with Crippen molar-refractivity contribution in [1.82, 2.24) is 10.0 Å². The second-order valence-corrected chi connectivity index (χ2v) is 11.5. The fourth-order valence-corrected chi connectivity index (χ4v) is 6.23. The number of anilines is 2. The van der Waals surface area contributed by atoms with Crippen molar-refractivity contribution < 1.29 is 22.7 Å². The van der Waals surface area contributed by atoms with Gasteiger partial charge in [-0.05, 0) is 97.0 Å². The number of methoxy groups -OCH3 is 1. The Kier molecular flexibility index (Phi) is 7.74. The van der Waals surface area contributed by atoms with Crippen LogP contribution < -0.4 is 25.4 Å². The summed E-state index contributed by atoms with van der Waals surface area (Å²) >= 11 is 0. The fourth-order valence-electron chi connectivity index (χ4n) is 5.32. The third-order valence-electron chi connectivity index (χ3n) is 7.20. The maximum atomic E-state index is 12.9. The first kappa shape index (κ1) is 26.6. The van der Waals surface area contributed by atoms with Gasteiger partial charge in [-0.15, -0.1) is 0 Å². The highest BCUT2D eigenvalue weighted by Gasteiger charge is 2.26. The summed E-state index contributed by atoms with van der Waals surface area (Å²) in [5, 5.41) is 8.37. The topological polar surface area (TPSA) is 126 Å². The molecule has 4 amide bonds. The number of hydrogen-bond donors (Lipinski definition) is 4. The maximum Gasteiger partial charge on any atom is 0.333 e. The minimum Gasteiger partial charge on any atom is -0.497 e.